The molecule has 0 bridgehead atoms. The number of anilines is 1. The van der Waals surface area contributed by atoms with Gasteiger partial charge in [-0.2, -0.15) is 0 Å². The summed E-state index contributed by atoms with van der Waals surface area (Å²) in [4.78, 5) is 28.4. The van der Waals surface area contributed by atoms with Gasteiger partial charge in [0.15, 0.2) is 0 Å². The first-order valence-corrected chi connectivity index (χ1v) is 10.8. The first-order chi connectivity index (χ1) is 14.6. The molecule has 6 nitrogen and oxygen atoms in total. The van der Waals surface area contributed by atoms with E-state index in [9.17, 15) is 9.59 Å². The minimum absolute atomic E-state index is 0.323. The average Bonchev–Trinajstić information content (AvgIpc) is 3.31. The minimum Gasteiger partial charge on any atom is -0.369 e. The topological polar surface area (TPSA) is 57.6 Å². The number of rotatable bonds is 3. The SMILES string of the molecule is CN1CCN(c2ccc(-n3ccc4ccc(/C=C5\SC(=O)NC5=O)cc43)cc2)CC1. The van der Waals surface area contributed by atoms with Crippen LogP contribution in [0.25, 0.3) is 22.7 Å². The molecule has 0 saturated carbocycles. The number of carbonyl (C=O) groups is 2. The average molecular weight is 419 g/mol. The maximum absolute atomic E-state index is 11.8. The molecule has 1 N–H and O–H groups in total. The van der Waals surface area contributed by atoms with Crippen LogP contribution in [-0.2, 0) is 4.79 Å². The van der Waals surface area contributed by atoms with Gasteiger partial charge >= 0.3 is 0 Å². The van der Waals surface area contributed by atoms with E-state index in [1.807, 2.05) is 18.2 Å². The van der Waals surface area contributed by atoms with E-state index in [2.05, 4.69) is 63.3 Å². The third-order valence-electron chi connectivity index (χ3n) is 5.65. The molecule has 0 radical (unpaired) electrons. The van der Waals surface area contributed by atoms with Gasteiger partial charge in [0, 0.05) is 43.8 Å². The quantitative estimate of drug-likeness (QED) is 0.657. The number of benzene rings is 2. The second-order valence-electron chi connectivity index (χ2n) is 7.66. The number of fused-ring (bicyclic) bond motifs is 1. The Balaban J connectivity index is 1.44. The Morgan fingerprint density at radius 2 is 1.67 bits per heavy atom. The van der Waals surface area contributed by atoms with E-state index in [0.29, 0.717) is 4.91 Å². The van der Waals surface area contributed by atoms with E-state index in [0.717, 1.165) is 60.1 Å². The summed E-state index contributed by atoms with van der Waals surface area (Å²) in [5.41, 5.74) is 4.30. The number of aromatic nitrogens is 1. The summed E-state index contributed by atoms with van der Waals surface area (Å²) in [5, 5.41) is 3.10. The second-order valence-corrected chi connectivity index (χ2v) is 8.68. The Hall–Kier alpha value is -3.03. The number of nitrogens with zero attached hydrogens (tertiary/aromatic N) is 3. The molecular weight excluding hydrogens is 396 g/mol. The molecule has 1 aromatic heterocycles. The fourth-order valence-electron chi connectivity index (χ4n) is 3.92. The number of amides is 2. The van der Waals surface area contributed by atoms with Crippen molar-refractivity contribution in [3.63, 3.8) is 0 Å². The van der Waals surface area contributed by atoms with Crippen molar-refractivity contribution in [3.05, 3.63) is 65.2 Å². The van der Waals surface area contributed by atoms with Crippen LogP contribution in [0.5, 0.6) is 0 Å². The van der Waals surface area contributed by atoms with Gasteiger partial charge in [0.25, 0.3) is 11.1 Å². The van der Waals surface area contributed by atoms with E-state index in [1.165, 1.54) is 5.69 Å². The zero-order chi connectivity index (χ0) is 20.7. The minimum atomic E-state index is -0.333. The molecule has 0 spiro atoms. The van der Waals surface area contributed by atoms with E-state index >= 15 is 0 Å². The fraction of sp³-hybridized carbons (Fsp3) is 0.217. The predicted octanol–water partition coefficient (Wildman–Crippen LogP) is 3.71. The van der Waals surface area contributed by atoms with Gasteiger partial charge in [-0.25, -0.2) is 0 Å². The van der Waals surface area contributed by atoms with Crippen LogP contribution in [0, 0.1) is 0 Å². The van der Waals surface area contributed by atoms with Crippen molar-refractivity contribution in [1.82, 2.24) is 14.8 Å². The third-order valence-corrected chi connectivity index (χ3v) is 6.46. The van der Waals surface area contributed by atoms with Crippen molar-refractivity contribution in [3.8, 4) is 5.69 Å². The molecule has 2 saturated heterocycles. The number of thioether (sulfide) groups is 1. The third kappa shape index (κ3) is 3.62. The monoisotopic (exact) mass is 418 g/mol. The normalized spacial score (nSPS) is 19.1. The lowest BCUT2D eigenvalue weighted by Gasteiger charge is -2.34. The molecule has 2 aliphatic heterocycles. The van der Waals surface area contributed by atoms with Gasteiger partial charge in [-0.05, 0) is 72.2 Å². The van der Waals surface area contributed by atoms with Crippen molar-refractivity contribution >= 4 is 45.6 Å². The van der Waals surface area contributed by atoms with Crippen LogP contribution in [-0.4, -0.2) is 53.8 Å². The number of hydrogen-bond acceptors (Lipinski definition) is 5. The van der Waals surface area contributed by atoms with E-state index in [-0.39, 0.29) is 11.1 Å². The Kier molecular flexibility index (Phi) is 4.84. The molecule has 2 aromatic carbocycles. The molecule has 152 valence electrons. The summed E-state index contributed by atoms with van der Waals surface area (Å²) >= 11 is 0.939. The largest absolute Gasteiger partial charge is 0.369 e. The first kappa shape index (κ1) is 19.0. The van der Waals surface area contributed by atoms with Crippen LogP contribution in [0.2, 0.25) is 0 Å². The molecule has 0 aliphatic carbocycles. The highest BCUT2D eigenvalue weighted by Gasteiger charge is 2.25. The van der Waals surface area contributed by atoms with Crippen molar-refractivity contribution in [2.24, 2.45) is 0 Å². The van der Waals surface area contributed by atoms with Gasteiger partial charge in [0.1, 0.15) is 0 Å². The van der Waals surface area contributed by atoms with Gasteiger partial charge in [-0.1, -0.05) is 12.1 Å². The second kappa shape index (κ2) is 7.66. The van der Waals surface area contributed by atoms with Gasteiger partial charge in [0.2, 0.25) is 0 Å². The number of likely N-dealkylation sites (N-methyl/N-ethyl adjacent to an activating group) is 1. The Morgan fingerprint density at radius 1 is 0.933 bits per heavy atom. The zero-order valence-electron chi connectivity index (χ0n) is 16.7. The molecule has 7 heteroatoms. The highest BCUT2D eigenvalue weighted by Crippen LogP contribution is 2.28. The van der Waals surface area contributed by atoms with E-state index < -0.39 is 0 Å². The Morgan fingerprint density at radius 3 is 2.37 bits per heavy atom. The molecule has 3 aromatic rings. The van der Waals surface area contributed by atoms with Crippen LogP contribution in [0.1, 0.15) is 5.56 Å². The first-order valence-electron chi connectivity index (χ1n) is 9.97. The fourth-order valence-corrected chi connectivity index (χ4v) is 4.60. The summed E-state index contributed by atoms with van der Waals surface area (Å²) < 4.78 is 2.15. The maximum Gasteiger partial charge on any atom is 0.290 e. The number of carbonyl (C=O) groups excluding carboxylic acids is 2. The highest BCUT2D eigenvalue weighted by molar-refractivity contribution is 8.18. The van der Waals surface area contributed by atoms with Gasteiger partial charge in [0.05, 0.1) is 10.4 Å². The van der Waals surface area contributed by atoms with Crippen LogP contribution in [0.15, 0.2) is 59.6 Å². The van der Waals surface area contributed by atoms with Crippen molar-refractivity contribution < 1.29 is 9.59 Å². The van der Waals surface area contributed by atoms with Crippen LogP contribution in [0.3, 0.4) is 0 Å². The molecule has 2 aliphatic rings. The van der Waals surface area contributed by atoms with Crippen molar-refractivity contribution in [2.45, 2.75) is 0 Å². The summed E-state index contributed by atoms with van der Waals surface area (Å²) in [6.45, 7) is 4.27. The van der Waals surface area contributed by atoms with Crippen LogP contribution < -0.4 is 10.2 Å². The number of imide groups is 1. The lowest BCUT2D eigenvalue weighted by Crippen LogP contribution is -2.44. The lowest BCUT2D eigenvalue weighted by molar-refractivity contribution is -0.115. The van der Waals surface area contributed by atoms with Crippen molar-refractivity contribution in [2.75, 3.05) is 38.1 Å². The van der Waals surface area contributed by atoms with Gasteiger partial charge in [-0.15, -0.1) is 0 Å². The summed E-state index contributed by atoms with van der Waals surface area (Å²) in [6, 6.07) is 16.8. The summed E-state index contributed by atoms with van der Waals surface area (Å²) in [7, 11) is 2.16. The molecular formula is C23H22N4O2S. The lowest BCUT2D eigenvalue weighted by atomic mass is 10.1. The van der Waals surface area contributed by atoms with Crippen molar-refractivity contribution in [1.29, 1.82) is 0 Å². The maximum atomic E-state index is 11.8. The summed E-state index contributed by atoms with van der Waals surface area (Å²) in [5.74, 6) is -0.333. The molecule has 3 heterocycles. The highest BCUT2D eigenvalue weighted by atomic mass is 32.2. The van der Waals surface area contributed by atoms with E-state index in [4.69, 9.17) is 0 Å². The van der Waals surface area contributed by atoms with Crippen LogP contribution in [0.4, 0.5) is 10.5 Å². The molecule has 0 unspecified atom stereocenters. The standard InChI is InChI=1S/C23H22N4O2S/c1-25-10-12-26(13-11-25)18-4-6-19(7-5-18)27-9-8-17-3-2-16(14-20(17)27)15-21-22(28)24-23(29)30-21/h2-9,14-15H,10-13H2,1H3,(H,24,28,29)/b21-15-. The molecule has 2 fully saturated rings. The van der Waals surface area contributed by atoms with Gasteiger partial charge < -0.3 is 14.4 Å². The smallest absolute Gasteiger partial charge is 0.290 e. The molecule has 0 atom stereocenters. The number of hydrogen-bond donors (Lipinski definition) is 1. The summed E-state index contributed by atoms with van der Waals surface area (Å²) in [6.07, 6.45) is 3.82. The van der Waals surface area contributed by atoms with Gasteiger partial charge in [-0.3, -0.25) is 14.9 Å². The van der Waals surface area contributed by atoms with E-state index in [1.54, 1.807) is 6.08 Å². The Bertz CT molecular complexity index is 1160. The Labute approximate surface area is 179 Å². The van der Waals surface area contributed by atoms with Crippen LogP contribution >= 0.6 is 11.8 Å². The predicted molar refractivity (Wildman–Crippen MR) is 122 cm³/mol. The number of nitrogens with one attached hydrogen (secondary N) is 1. The zero-order valence-corrected chi connectivity index (χ0v) is 17.5. The molecule has 5 rings (SSSR count). The molecule has 2 amide bonds. The number of piperazine rings is 1. The molecule has 30 heavy (non-hydrogen) atoms.